The molecule has 0 heterocycles. The molecule has 0 radical (unpaired) electrons. The number of nitrogens with one attached hydrogen (secondary N) is 1. The van der Waals surface area contributed by atoms with E-state index in [1.165, 1.54) is 0 Å². The maximum absolute atomic E-state index is 13.2. The Bertz CT molecular complexity index is 429. The molecule has 1 amide bonds. The van der Waals surface area contributed by atoms with Gasteiger partial charge in [0.2, 0.25) is 5.91 Å². The van der Waals surface area contributed by atoms with Gasteiger partial charge >= 0.3 is 0 Å². The van der Waals surface area contributed by atoms with Gasteiger partial charge in [-0.15, -0.1) is 12.4 Å². The first-order valence-electron chi connectivity index (χ1n) is 5.16. The van der Waals surface area contributed by atoms with E-state index in [1.54, 1.807) is 0 Å². The number of halogens is 4. The summed E-state index contributed by atoms with van der Waals surface area (Å²) in [6.07, 6.45) is 1.12. The van der Waals surface area contributed by atoms with E-state index >= 15 is 0 Å². The molecular weight excluding hydrogens is 269 g/mol. The van der Waals surface area contributed by atoms with Crippen LogP contribution in [0.2, 0.25) is 0 Å². The first-order valence-corrected chi connectivity index (χ1v) is 5.16. The van der Waals surface area contributed by atoms with Crippen molar-refractivity contribution in [1.82, 2.24) is 0 Å². The summed E-state index contributed by atoms with van der Waals surface area (Å²) in [5.74, 6) is -4.21. The van der Waals surface area contributed by atoms with Crippen LogP contribution >= 0.6 is 12.4 Å². The lowest BCUT2D eigenvalue weighted by molar-refractivity contribution is -0.117. The van der Waals surface area contributed by atoms with E-state index in [4.69, 9.17) is 5.73 Å². The smallest absolute Gasteiger partial charge is 0.241 e. The first kappa shape index (κ1) is 16.7. The van der Waals surface area contributed by atoms with E-state index < -0.39 is 35.1 Å². The highest BCUT2D eigenvalue weighted by atomic mass is 35.5. The Labute approximate surface area is 109 Å². The minimum atomic E-state index is -1.31. The molecule has 1 atom stereocenters. The summed E-state index contributed by atoms with van der Waals surface area (Å²) in [5, 5.41) is 2.12. The summed E-state index contributed by atoms with van der Waals surface area (Å²) >= 11 is 0. The fraction of sp³-hybridized carbons (Fsp3) is 0.364. The maximum Gasteiger partial charge on any atom is 0.241 e. The van der Waals surface area contributed by atoms with Crippen LogP contribution < -0.4 is 11.1 Å². The van der Waals surface area contributed by atoms with Gasteiger partial charge in [-0.2, -0.15) is 0 Å². The molecule has 1 rings (SSSR count). The van der Waals surface area contributed by atoms with Crippen LogP contribution in [0.3, 0.4) is 0 Å². The molecule has 1 aromatic carbocycles. The normalized spacial score (nSPS) is 11.6. The topological polar surface area (TPSA) is 55.1 Å². The third-order valence-electron chi connectivity index (χ3n) is 2.20. The lowest BCUT2D eigenvalue weighted by Gasteiger charge is -2.11. The van der Waals surface area contributed by atoms with Gasteiger partial charge in [0.1, 0.15) is 5.82 Å². The highest BCUT2D eigenvalue weighted by Gasteiger charge is 2.16. The molecule has 1 aromatic rings. The molecule has 0 saturated heterocycles. The molecule has 1 unspecified atom stereocenters. The summed E-state index contributed by atoms with van der Waals surface area (Å²) in [6.45, 7) is 1.84. The predicted molar refractivity (Wildman–Crippen MR) is 65.1 cm³/mol. The monoisotopic (exact) mass is 282 g/mol. The van der Waals surface area contributed by atoms with E-state index in [2.05, 4.69) is 5.32 Å². The number of anilines is 1. The minimum absolute atomic E-state index is 0. The zero-order valence-corrected chi connectivity index (χ0v) is 10.5. The van der Waals surface area contributed by atoms with E-state index in [9.17, 15) is 18.0 Å². The van der Waals surface area contributed by atoms with Crippen molar-refractivity contribution in [2.45, 2.75) is 25.8 Å². The summed E-state index contributed by atoms with van der Waals surface area (Å²) < 4.78 is 38.6. The van der Waals surface area contributed by atoms with Gasteiger partial charge < -0.3 is 11.1 Å². The van der Waals surface area contributed by atoms with E-state index in [-0.39, 0.29) is 12.4 Å². The Hall–Kier alpha value is -1.27. The fourth-order valence-electron chi connectivity index (χ4n) is 1.29. The Morgan fingerprint density at radius 2 is 1.83 bits per heavy atom. The molecule has 0 spiro atoms. The first-order chi connectivity index (χ1) is 7.95. The lowest BCUT2D eigenvalue weighted by atomic mass is 10.1. The number of nitrogens with two attached hydrogens (primary N) is 1. The molecule has 0 aromatic heterocycles. The van der Waals surface area contributed by atoms with Crippen LogP contribution in [0.25, 0.3) is 0 Å². The van der Waals surface area contributed by atoms with Crippen molar-refractivity contribution in [2.75, 3.05) is 5.32 Å². The van der Waals surface area contributed by atoms with Crippen LogP contribution in [-0.4, -0.2) is 11.9 Å². The molecule has 3 N–H and O–H groups in total. The van der Waals surface area contributed by atoms with Gasteiger partial charge in [-0.05, 0) is 6.42 Å². The fourth-order valence-corrected chi connectivity index (χ4v) is 1.29. The molecular formula is C11H14ClF3N2O. The van der Waals surface area contributed by atoms with Gasteiger partial charge in [0.25, 0.3) is 0 Å². The average Bonchev–Trinajstić information content (AvgIpc) is 2.26. The second-order valence-corrected chi connectivity index (χ2v) is 3.63. The number of hydrogen-bond acceptors (Lipinski definition) is 2. The van der Waals surface area contributed by atoms with Crippen LogP contribution in [0.15, 0.2) is 12.1 Å². The van der Waals surface area contributed by atoms with Gasteiger partial charge in [-0.1, -0.05) is 13.3 Å². The standard InChI is InChI=1S/C11H13F3N2O.ClH/c1-2-3-9(15)11(17)16-10-5-7(13)6(12)4-8(10)14;/h4-5,9H,2-3,15H2,1H3,(H,16,17);1H. The summed E-state index contributed by atoms with van der Waals surface area (Å²) in [6, 6.07) is 0.157. The lowest BCUT2D eigenvalue weighted by Crippen LogP contribution is -2.35. The van der Waals surface area contributed by atoms with Crippen LogP contribution in [0.4, 0.5) is 18.9 Å². The molecule has 0 aliphatic rings. The molecule has 102 valence electrons. The summed E-state index contributed by atoms with van der Waals surface area (Å²) in [7, 11) is 0. The predicted octanol–water partition coefficient (Wildman–Crippen LogP) is 2.59. The summed E-state index contributed by atoms with van der Waals surface area (Å²) in [5.41, 5.74) is 5.08. The van der Waals surface area contributed by atoms with Crippen LogP contribution in [0.1, 0.15) is 19.8 Å². The van der Waals surface area contributed by atoms with Crippen molar-refractivity contribution in [3.63, 3.8) is 0 Å². The SMILES string of the molecule is CCCC(N)C(=O)Nc1cc(F)c(F)cc1F.Cl. The molecule has 0 bridgehead atoms. The van der Waals surface area contributed by atoms with Crippen molar-refractivity contribution in [3.8, 4) is 0 Å². The quantitative estimate of drug-likeness (QED) is 0.834. The molecule has 0 aliphatic carbocycles. The number of hydrogen-bond donors (Lipinski definition) is 2. The minimum Gasteiger partial charge on any atom is -0.322 e. The van der Waals surface area contributed by atoms with Gasteiger partial charge in [-0.3, -0.25) is 4.79 Å². The highest BCUT2D eigenvalue weighted by Crippen LogP contribution is 2.18. The van der Waals surface area contributed by atoms with Crippen molar-refractivity contribution in [3.05, 3.63) is 29.6 Å². The molecule has 18 heavy (non-hydrogen) atoms. The van der Waals surface area contributed by atoms with Crippen LogP contribution in [0.5, 0.6) is 0 Å². The molecule has 0 aliphatic heterocycles. The number of carbonyl (C=O) groups is 1. The molecule has 0 saturated carbocycles. The van der Waals surface area contributed by atoms with Crippen molar-refractivity contribution >= 4 is 24.0 Å². The Kier molecular flexibility index (Phi) is 6.72. The molecule has 0 fully saturated rings. The highest BCUT2D eigenvalue weighted by molar-refractivity contribution is 5.94. The second-order valence-electron chi connectivity index (χ2n) is 3.63. The Morgan fingerprint density at radius 3 is 2.39 bits per heavy atom. The Morgan fingerprint density at radius 1 is 1.28 bits per heavy atom. The third kappa shape index (κ3) is 4.19. The van der Waals surface area contributed by atoms with Crippen LogP contribution in [-0.2, 0) is 4.79 Å². The second kappa shape index (κ2) is 7.23. The van der Waals surface area contributed by atoms with Gasteiger partial charge in [0.05, 0.1) is 11.7 Å². The molecule has 3 nitrogen and oxygen atoms in total. The Balaban J connectivity index is 0.00000289. The van der Waals surface area contributed by atoms with Crippen molar-refractivity contribution in [2.24, 2.45) is 5.73 Å². The van der Waals surface area contributed by atoms with Gasteiger partial charge in [-0.25, -0.2) is 13.2 Å². The summed E-state index contributed by atoms with van der Waals surface area (Å²) in [4.78, 5) is 11.4. The van der Waals surface area contributed by atoms with E-state index in [0.29, 0.717) is 25.0 Å². The number of carbonyl (C=O) groups excluding carboxylic acids is 1. The van der Waals surface area contributed by atoms with Crippen molar-refractivity contribution in [1.29, 1.82) is 0 Å². The van der Waals surface area contributed by atoms with Gasteiger partial charge in [0, 0.05) is 12.1 Å². The van der Waals surface area contributed by atoms with E-state index in [1.807, 2.05) is 6.92 Å². The van der Waals surface area contributed by atoms with Crippen molar-refractivity contribution < 1.29 is 18.0 Å². The largest absolute Gasteiger partial charge is 0.322 e. The van der Waals surface area contributed by atoms with Crippen LogP contribution in [0, 0.1) is 17.5 Å². The number of rotatable bonds is 4. The van der Waals surface area contributed by atoms with Gasteiger partial charge in [0.15, 0.2) is 11.6 Å². The third-order valence-corrected chi connectivity index (χ3v) is 2.20. The van der Waals surface area contributed by atoms with E-state index in [0.717, 1.165) is 0 Å². The zero-order chi connectivity index (χ0) is 13.0. The number of amides is 1. The molecule has 7 heteroatoms. The maximum atomic E-state index is 13.2. The average molecular weight is 283 g/mol. The zero-order valence-electron chi connectivity index (χ0n) is 9.67. The number of benzene rings is 1.